The number of anilines is 2. The molecule has 110 valence electrons. The molecular formula is C16H12N2O4. The molecule has 0 bridgehead atoms. The van der Waals surface area contributed by atoms with E-state index in [0.29, 0.717) is 16.9 Å². The molecule has 2 heterocycles. The molecule has 0 aromatic heterocycles. The summed E-state index contributed by atoms with van der Waals surface area (Å²) in [5.74, 6) is -1.68. The summed E-state index contributed by atoms with van der Waals surface area (Å²) >= 11 is 0. The van der Waals surface area contributed by atoms with Crippen molar-refractivity contribution in [1.29, 1.82) is 0 Å². The van der Waals surface area contributed by atoms with E-state index in [1.165, 1.54) is 30.4 Å². The third-order valence-corrected chi connectivity index (χ3v) is 3.52. The molecule has 6 nitrogen and oxygen atoms in total. The Morgan fingerprint density at radius 3 is 2.14 bits per heavy atom. The normalized spacial score (nSPS) is 17.9. The lowest BCUT2D eigenvalue weighted by Crippen LogP contribution is -2.38. The lowest BCUT2D eigenvalue weighted by molar-refractivity contribution is -0.124. The molecule has 0 saturated heterocycles. The van der Waals surface area contributed by atoms with Crippen LogP contribution >= 0.6 is 0 Å². The molecule has 0 radical (unpaired) electrons. The Morgan fingerprint density at radius 1 is 0.864 bits per heavy atom. The van der Waals surface area contributed by atoms with E-state index < -0.39 is 17.7 Å². The van der Waals surface area contributed by atoms with Crippen LogP contribution in [0.4, 0.5) is 11.4 Å². The van der Waals surface area contributed by atoms with E-state index >= 15 is 0 Å². The fourth-order valence-electron chi connectivity index (χ4n) is 2.44. The zero-order chi connectivity index (χ0) is 15.9. The van der Waals surface area contributed by atoms with E-state index in [-0.39, 0.29) is 12.3 Å². The maximum absolute atomic E-state index is 11.9. The molecule has 1 aromatic rings. The fraction of sp³-hybridized carbons (Fsp3) is 0.125. The number of imide groups is 2. The monoisotopic (exact) mass is 296 g/mol. The molecule has 0 unspecified atom stereocenters. The second-order valence-electron chi connectivity index (χ2n) is 4.99. The predicted molar refractivity (Wildman–Crippen MR) is 79.1 cm³/mol. The first-order valence-electron chi connectivity index (χ1n) is 6.69. The first kappa shape index (κ1) is 13.9. The summed E-state index contributed by atoms with van der Waals surface area (Å²) in [6, 6.07) is 4.79. The highest BCUT2D eigenvalue weighted by atomic mass is 16.2. The molecule has 0 aliphatic carbocycles. The van der Waals surface area contributed by atoms with Gasteiger partial charge in [0.2, 0.25) is 5.91 Å². The highest BCUT2D eigenvalue weighted by Gasteiger charge is 2.29. The zero-order valence-electron chi connectivity index (χ0n) is 11.8. The molecular weight excluding hydrogens is 284 g/mol. The molecule has 0 N–H and O–H groups in total. The van der Waals surface area contributed by atoms with E-state index in [1.54, 1.807) is 19.1 Å². The average molecular weight is 296 g/mol. The number of amides is 4. The van der Waals surface area contributed by atoms with Gasteiger partial charge in [-0.15, -0.1) is 0 Å². The summed E-state index contributed by atoms with van der Waals surface area (Å²) in [5, 5.41) is 0. The molecule has 0 atom stereocenters. The van der Waals surface area contributed by atoms with E-state index in [0.717, 1.165) is 9.80 Å². The minimum Gasteiger partial charge on any atom is -0.274 e. The highest BCUT2D eigenvalue weighted by Crippen LogP contribution is 2.30. The van der Waals surface area contributed by atoms with Crippen LogP contribution in [0, 0.1) is 6.92 Å². The van der Waals surface area contributed by atoms with Crippen molar-refractivity contribution in [2.45, 2.75) is 13.3 Å². The summed E-state index contributed by atoms with van der Waals surface area (Å²) < 4.78 is 0. The van der Waals surface area contributed by atoms with Crippen molar-refractivity contribution in [2.24, 2.45) is 0 Å². The van der Waals surface area contributed by atoms with Crippen LogP contribution in [-0.2, 0) is 19.2 Å². The molecule has 0 fully saturated rings. The number of benzene rings is 1. The molecule has 2 aliphatic heterocycles. The minimum absolute atomic E-state index is 0.137. The second-order valence-corrected chi connectivity index (χ2v) is 4.99. The van der Waals surface area contributed by atoms with Crippen molar-refractivity contribution >= 4 is 35.0 Å². The van der Waals surface area contributed by atoms with Crippen LogP contribution in [-0.4, -0.2) is 23.6 Å². The van der Waals surface area contributed by atoms with Crippen LogP contribution in [0.1, 0.15) is 12.0 Å². The van der Waals surface area contributed by atoms with Crippen LogP contribution in [0.3, 0.4) is 0 Å². The molecule has 0 saturated carbocycles. The van der Waals surface area contributed by atoms with Gasteiger partial charge in [0.25, 0.3) is 17.7 Å². The van der Waals surface area contributed by atoms with Crippen molar-refractivity contribution in [3.05, 3.63) is 48.1 Å². The van der Waals surface area contributed by atoms with Crippen LogP contribution in [0.25, 0.3) is 0 Å². The van der Waals surface area contributed by atoms with E-state index in [4.69, 9.17) is 0 Å². The van der Waals surface area contributed by atoms with Gasteiger partial charge in [0.05, 0.1) is 11.4 Å². The quantitative estimate of drug-likeness (QED) is 0.770. The van der Waals surface area contributed by atoms with Gasteiger partial charge in [-0.2, -0.15) is 0 Å². The zero-order valence-corrected chi connectivity index (χ0v) is 11.8. The van der Waals surface area contributed by atoms with E-state index in [9.17, 15) is 19.2 Å². The Bertz CT molecular complexity index is 758. The number of nitrogens with zero attached hydrogens (tertiary/aromatic N) is 2. The number of carbonyl (C=O) groups is 4. The van der Waals surface area contributed by atoms with Gasteiger partial charge in [-0.3, -0.25) is 19.2 Å². The molecule has 4 amide bonds. The molecule has 22 heavy (non-hydrogen) atoms. The highest BCUT2D eigenvalue weighted by molar-refractivity contribution is 6.29. The van der Waals surface area contributed by atoms with Crippen molar-refractivity contribution < 1.29 is 19.2 Å². The van der Waals surface area contributed by atoms with Crippen LogP contribution in [0.5, 0.6) is 0 Å². The maximum atomic E-state index is 11.9. The number of aryl methyl sites for hydroxylation is 1. The Hall–Kier alpha value is -3.02. The van der Waals surface area contributed by atoms with Gasteiger partial charge in [0, 0.05) is 24.6 Å². The summed E-state index contributed by atoms with van der Waals surface area (Å²) in [5.41, 5.74) is 1.40. The van der Waals surface area contributed by atoms with Gasteiger partial charge >= 0.3 is 0 Å². The fourth-order valence-corrected chi connectivity index (χ4v) is 2.44. The Kier molecular flexibility index (Phi) is 3.21. The number of hydrogen-bond acceptors (Lipinski definition) is 4. The lowest BCUT2D eigenvalue weighted by atomic mass is 10.1. The first-order valence-corrected chi connectivity index (χ1v) is 6.69. The molecule has 1 aromatic carbocycles. The Labute approximate surface area is 126 Å². The Balaban J connectivity index is 2.06. The lowest BCUT2D eigenvalue weighted by Gasteiger charge is -2.24. The van der Waals surface area contributed by atoms with Gasteiger partial charge in [-0.05, 0) is 24.6 Å². The number of hydrogen-bond donors (Lipinski definition) is 0. The molecule has 2 aliphatic rings. The van der Waals surface area contributed by atoms with Gasteiger partial charge in [0.15, 0.2) is 0 Å². The second kappa shape index (κ2) is 5.07. The smallest absolute Gasteiger partial charge is 0.258 e. The summed E-state index contributed by atoms with van der Waals surface area (Å²) in [6.07, 6.45) is 5.35. The summed E-state index contributed by atoms with van der Waals surface area (Å²) in [6.45, 7) is 1.75. The molecule has 6 heteroatoms. The predicted octanol–water partition coefficient (Wildman–Crippen LogP) is 1.24. The van der Waals surface area contributed by atoms with Crippen molar-refractivity contribution in [1.82, 2.24) is 0 Å². The van der Waals surface area contributed by atoms with E-state index in [1.807, 2.05) is 0 Å². The third-order valence-electron chi connectivity index (χ3n) is 3.52. The minimum atomic E-state index is -0.443. The number of carbonyl (C=O) groups excluding carboxylic acids is 4. The van der Waals surface area contributed by atoms with Gasteiger partial charge in [0.1, 0.15) is 0 Å². The van der Waals surface area contributed by atoms with Gasteiger partial charge in [-0.1, -0.05) is 12.1 Å². The topological polar surface area (TPSA) is 74.8 Å². The molecule has 0 spiro atoms. The van der Waals surface area contributed by atoms with Gasteiger partial charge < -0.3 is 0 Å². The van der Waals surface area contributed by atoms with E-state index in [2.05, 4.69) is 0 Å². The van der Waals surface area contributed by atoms with Gasteiger partial charge in [-0.25, -0.2) is 9.80 Å². The average Bonchev–Trinajstić information content (AvgIpc) is 2.80. The standard InChI is InChI=1S/C16H12N2O4/c1-10-5-6-11(17-13(19)3-2-4-14(17)20)9-12(10)18-15(21)7-8-16(18)22/h2-3,5-9H,4H2,1H3. The van der Waals surface area contributed by atoms with Crippen LogP contribution in [0.2, 0.25) is 0 Å². The van der Waals surface area contributed by atoms with Crippen LogP contribution in [0.15, 0.2) is 42.5 Å². The van der Waals surface area contributed by atoms with Crippen LogP contribution < -0.4 is 9.80 Å². The third kappa shape index (κ3) is 2.14. The summed E-state index contributed by atoms with van der Waals surface area (Å²) in [4.78, 5) is 49.5. The molecule has 3 rings (SSSR count). The van der Waals surface area contributed by atoms with Crippen molar-refractivity contribution in [3.63, 3.8) is 0 Å². The number of rotatable bonds is 2. The Morgan fingerprint density at radius 2 is 1.50 bits per heavy atom. The van der Waals surface area contributed by atoms with Crippen molar-refractivity contribution in [2.75, 3.05) is 9.80 Å². The first-order chi connectivity index (χ1) is 10.5. The largest absolute Gasteiger partial charge is 0.274 e. The SMILES string of the molecule is Cc1ccc(N2C(=O)C=CCC2=O)cc1N1C(=O)C=CC1=O. The maximum Gasteiger partial charge on any atom is 0.258 e. The summed E-state index contributed by atoms with van der Waals surface area (Å²) in [7, 11) is 0. The van der Waals surface area contributed by atoms with Crippen molar-refractivity contribution in [3.8, 4) is 0 Å².